The molecule has 0 fully saturated rings. The van der Waals surface area contributed by atoms with Crippen molar-refractivity contribution in [1.29, 1.82) is 0 Å². The smallest absolute Gasteiger partial charge is 0.0656 e. The van der Waals surface area contributed by atoms with Crippen LogP contribution in [0.1, 0.15) is 0 Å². The Labute approximate surface area is 214 Å². The van der Waals surface area contributed by atoms with Gasteiger partial charge < -0.3 is 0 Å². The van der Waals surface area contributed by atoms with Gasteiger partial charge in [-0.2, -0.15) is 0 Å². The van der Waals surface area contributed by atoms with E-state index in [4.69, 9.17) is 0 Å². The Morgan fingerprint density at radius 1 is 0.389 bits per heavy atom. The highest BCUT2D eigenvalue weighted by atomic mass is 28.3. The summed E-state index contributed by atoms with van der Waals surface area (Å²) < 4.78 is 0. The predicted molar refractivity (Wildman–Crippen MR) is 161 cm³/mol. The Morgan fingerprint density at radius 3 is 1.28 bits per heavy atom. The van der Waals surface area contributed by atoms with E-state index in [0.29, 0.717) is 0 Å². The Morgan fingerprint density at radius 2 is 0.833 bits per heavy atom. The third kappa shape index (κ3) is 4.17. The quantitative estimate of drug-likeness (QED) is 0.175. The molecule has 0 saturated heterocycles. The minimum Gasteiger partial charge on any atom is -0.0656 e. The number of benzene rings is 6. The van der Waals surface area contributed by atoms with Crippen LogP contribution in [0, 0.1) is 0 Å². The number of hydrogen-bond donors (Lipinski definition) is 0. The zero-order valence-electron chi connectivity index (χ0n) is 21.1. The molecule has 0 nitrogen and oxygen atoms in total. The first-order valence-electron chi connectivity index (χ1n) is 12.7. The molecule has 0 aromatic heterocycles. The molecular formula is C35H30Si. The van der Waals surface area contributed by atoms with Gasteiger partial charge >= 0.3 is 0 Å². The van der Waals surface area contributed by atoms with Crippen molar-refractivity contribution < 1.29 is 0 Å². The summed E-state index contributed by atoms with van der Waals surface area (Å²) >= 11 is 0. The van der Waals surface area contributed by atoms with E-state index in [0.717, 1.165) is 0 Å². The van der Waals surface area contributed by atoms with Crippen molar-refractivity contribution in [2.75, 3.05) is 0 Å². The summed E-state index contributed by atoms with van der Waals surface area (Å²) in [5.41, 5.74) is 7.60. The van der Waals surface area contributed by atoms with Gasteiger partial charge in [0.25, 0.3) is 0 Å². The maximum atomic E-state index is 2.41. The molecule has 0 aliphatic rings. The van der Waals surface area contributed by atoms with E-state index < -0.39 is 8.07 Å². The van der Waals surface area contributed by atoms with E-state index in [1.165, 1.54) is 60.1 Å². The van der Waals surface area contributed by atoms with Gasteiger partial charge in [0.05, 0.1) is 8.07 Å². The Bertz CT molecular complexity index is 1580. The van der Waals surface area contributed by atoms with Gasteiger partial charge in [-0.1, -0.05) is 134 Å². The van der Waals surface area contributed by atoms with E-state index in [1.54, 1.807) is 0 Å². The Kier molecular flexibility index (Phi) is 5.58. The summed E-state index contributed by atoms with van der Waals surface area (Å²) in [5.74, 6) is 0. The minimum absolute atomic E-state index is 1.25. The minimum atomic E-state index is -1.37. The van der Waals surface area contributed by atoms with Crippen LogP contribution in [0.25, 0.3) is 54.9 Å². The summed E-state index contributed by atoms with van der Waals surface area (Å²) in [6.45, 7) is 7.23. The predicted octanol–water partition coefficient (Wildman–Crippen LogP) is 9.54. The molecule has 6 rings (SSSR count). The van der Waals surface area contributed by atoms with Crippen LogP contribution in [0.15, 0.2) is 127 Å². The molecular weight excluding hydrogens is 448 g/mol. The van der Waals surface area contributed by atoms with Crippen molar-refractivity contribution >= 4 is 34.8 Å². The highest BCUT2D eigenvalue weighted by Crippen LogP contribution is 2.39. The van der Waals surface area contributed by atoms with Gasteiger partial charge in [-0.15, -0.1) is 0 Å². The summed E-state index contributed by atoms with van der Waals surface area (Å²) in [5, 5.41) is 6.65. The highest BCUT2D eigenvalue weighted by molar-refractivity contribution is 6.88. The van der Waals surface area contributed by atoms with E-state index in [9.17, 15) is 0 Å². The van der Waals surface area contributed by atoms with Crippen molar-refractivity contribution in [1.82, 2.24) is 0 Å². The summed E-state index contributed by atoms with van der Waals surface area (Å²) in [4.78, 5) is 0. The van der Waals surface area contributed by atoms with Gasteiger partial charge in [-0.25, -0.2) is 0 Å². The van der Waals surface area contributed by atoms with Crippen LogP contribution in [0.3, 0.4) is 0 Å². The SMILES string of the molecule is C[Si](C)(C)c1ccc(-c2c3cc(-c4ccccc4)ccc3cc3ccc(-c4ccccc4)cc23)cc1. The van der Waals surface area contributed by atoms with Crippen molar-refractivity contribution in [2.45, 2.75) is 19.6 Å². The standard InChI is InChI=1S/C35H30Si/c1-36(2,3)32-20-18-27(19-21-32)35-33-23-28(25-10-6-4-7-11-25)14-16-30(33)22-31-17-15-29(24-34(31)35)26-12-8-5-9-13-26/h4-24H,1-3H3. The third-order valence-electron chi connectivity index (χ3n) is 7.21. The number of fused-ring (bicyclic) bond motifs is 2. The molecule has 6 aromatic carbocycles. The fourth-order valence-electron chi connectivity index (χ4n) is 5.18. The molecule has 6 aromatic rings. The zero-order chi connectivity index (χ0) is 24.7. The first kappa shape index (κ1) is 22.5. The van der Waals surface area contributed by atoms with Crippen LogP contribution >= 0.6 is 0 Å². The lowest BCUT2D eigenvalue weighted by Crippen LogP contribution is -2.37. The molecule has 0 heterocycles. The molecule has 0 aliphatic heterocycles. The normalized spacial score (nSPS) is 11.8. The first-order valence-corrected chi connectivity index (χ1v) is 16.2. The Hall–Kier alpha value is -3.94. The second kappa shape index (κ2) is 8.93. The van der Waals surface area contributed by atoms with Gasteiger partial charge in [-0.05, 0) is 73.1 Å². The highest BCUT2D eigenvalue weighted by Gasteiger charge is 2.17. The fourth-order valence-corrected chi connectivity index (χ4v) is 6.34. The molecule has 0 saturated carbocycles. The van der Waals surface area contributed by atoms with Gasteiger partial charge in [-0.3, -0.25) is 0 Å². The zero-order valence-corrected chi connectivity index (χ0v) is 22.1. The second-order valence-electron chi connectivity index (χ2n) is 10.7. The summed E-state index contributed by atoms with van der Waals surface area (Å²) in [6.07, 6.45) is 0. The topological polar surface area (TPSA) is 0 Å². The maximum Gasteiger partial charge on any atom is 0.0775 e. The van der Waals surface area contributed by atoms with Crippen LogP contribution < -0.4 is 5.19 Å². The molecule has 0 N–H and O–H groups in total. The fraction of sp³-hybridized carbons (Fsp3) is 0.0857. The molecule has 0 amide bonds. The van der Waals surface area contributed by atoms with Gasteiger partial charge in [0.1, 0.15) is 0 Å². The van der Waals surface area contributed by atoms with Crippen molar-refractivity contribution in [2.24, 2.45) is 0 Å². The summed E-state index contributed by atoms with van der Waals surface area (Å²) in [6, 6.07) is 46.9. The third-order valence-corrected chi connectivity index (χ3v) is 9.28. The number of hydrogen-bond acceptors (Lipinski definition) is 0. The molecule has 36 heavy (non-hydrogen) atoms. The van der Waals surface area contributed by atoms with Crippen molar-refractivity contribution in [3.05, 3.63) is 127 Å². The molecule has 0 unspecified atom stereocenters. The largest absolute Gasteiger partial charge is 0.0775 e. The van der Waals surface area contributed by atoms with Gasteiger partial charge in [0.15, 0.2) is 0 Å². The average molecular weight is 479 g/mol. The van der Waals surface area contributed by atoms with Crippen LogP contribution in [0.4, 0.5) is 0 Å². The molecule has 0 bridgehead atoms. The van der Waals surface area contributed by atoms with Crippen LogP contribution in [-0.4, -0.2) is 8.07 Å². The molecule has 0 spiro atoms. The van der Waals surface area contributed by atoms with E-state index in [-0.39, 0.29) is 0 Å². The second-order valence-corrected chi connectivity index (χ2v) is 15.8. The maximum absolute atomic E-state index is 2.41. The number of rotatable bonds is 4. The molecule has 0 radical (unpaired) electrons. The lowest BCUT2D eigenvalue weighted by molar-refractivity contribution is 1.63. The van der Waals surface area contributed by atoms with Crippen LogP contribution in [0.5, 0.6) is 0 Å². The first-order chi connectivity index (χ1) is 17.5. The van der Waals surface area contributed by atoms with Crippen LogP contribution in [0.2, 0.25) is 19.6 Å². The lowest BCUT2D eigenvalue weighted by Gasteiger charge is -2.18. The molecule has 174 valence electrons. The molecule has 1 heteroatoms. The van der Waals surface area contributed by atoms with Crippen molar-refractivity contribution in [3.8, 4) is 33.4 Å². The average Bonchev–Trinajstić information content (AvgIpc) is 2.92. The molecule has 0 atom stereocenters. The van der Waals surface area contributed by atoms with Crippen LogP contribution in [-0.2, 0) is 0 Å². The summed E-state index contributed by atoms with van der Waals surface area (Å²) in [7, 11) is -1.37. The van der Waals surface area contributed by atoms with E-state index >= 15 is 0 Å². The van der Waals surface area contributed by atoms with E-state index in [1.807, 2.05) is 0 Å². The molecule has 0 aliphatic carbocycles. The van der Waals surface area contributed by atoms with E-state index in [2.05, 4.69) is 147 Å². The van der Waals surface area contributed by atoms with Gasteiger partial charge in [0.2, 0.25) is 0 Å². The van der Waals surface area contributed by atoms with Gasteiger partial charge in [0, 0.05) is 0 Å². The van der Waals surface area contributed by atoms with Crippen molar-refractivity contribution in [3.63, 3.8) is 0 Å². The monoisotopic (exact) mass is 478 g/mol. The Balaban J connectivity index is 1.66. The lowest BCUT2D eigenvalue weighted by atomic mass is 9.89.